The summed E-state index contributed by atoms with van der Waals surface area (Å²) in [5, 5.41) is 3.21. The number of nitrogens with zero attached hydrogens (tertiary/aromatic N) is 2. The Labute approximate surface area is 73.0 Å². The molecule has 0 aromatic carbocycles. The summed E-state index contributed by atoms with van der Waals surface area (Å²) in [5.74, 6) is 1.63. The molecule has 62 valence electrons. The SMILES string of the molecule is Bc1cnc(NCC2CC2)nc1. The third-order valence-corrected chi connectivity index (χ3v) is 2.03. The van der Waals surface area contributed by atoms with Gasteiger partial charge < -0.3 is 5.32 Å². The average Bonchev–Trinajstić information content (AvgIpc) is 2.87. The van der Waals surface area contributed by atoms with Crippen LogP contribution in [0.3, 0.4) is 0 Å². The van der Waals surface area contributed by atoms with Crippen molar-refractivity contribution in [1.82, 2.24) is 9.97 Å². The molecule has 0 spiro atoms. The first-order valence-electron chi connectivity index (χ1n) is 4.37. The highest BCUT2D eigenvalue weighted by Crippen LogP contribution is 2.28. The summed E-state index contributed by atoms with van der Waals surface area (Å²) in [6.45, 7) is 1.03. The minimum Gasteiger partial charge on any atom is -0.354 e. The molecule has 1 aliphatic carbocycles. The first kappa shape index (κ1) is 7.59. The van der Waals surface area contributed by atoms with Crippen LogP contribution in [0.15, 0.2) is 12.4 Å². The molecule has 4 heteroatoms. The lowest BCUT2D eigenvalue weighted by atomic mass is 10.0. The zero-order valence-corrected chi connectivity index (χ0v) is 7.25. The van der Waals surface area contributed by atoms with Crippen molar-refractivity contribution in [2.24, 2.45) is 5.92 Å². The van der Waals surface area contributed by atoms with Gasteiger partial charge in [0.05, 0.1) is 0 Å². The molecular weight excluding hydrogens is 149 g/mol. The molecule has 1 heterocycles. The molecule has 1 N–H and O–H groups in total. The normalized spacial score (nSPS) is 16.0. The Balaban J connectivity index is 1.89. The van der Waals surface area contributed by atoms with E-state index < -0.39 is 0 Å². The van der Waals surface area contributed by atoms with Crippen LogP contribution >= 0.6 is 0 Å². The Morgan fingerprint density at radius 3 is 2.67 bits per heavy atom. The van der Waals surface area contributed by atoms with Crippen molar-refractivity contribution in [3.05, 3.63) is 12.4 Å². The Morgan fingerprint density at radius 2 is 2.08 bits per heavy atom. The van der Waals surface area contributed by atoms with Crippen LogP contribution in [0.25, 0.3) is 0 Å². The smallest absolute Gasteiger partial charge is 0.222 e. The monoisotopic (exact) mass is 161 g/mol. The molecule has 12 heavy (non-hydrogen) atoms. The summed E-state index contributed by atoms with van der Waals surface area (Å²) in [5.41, 5.74) is 1.10. The van der Waals surface area contributed by atoms with Gasteiger partial charge in [0.25, 0.3) is 0 Å². The van der Waals surface area contributed by atoms with Crippen molar-refractivity contribution in [2.75, 3.05) is 11.9 Å². The number of aromatic nitrogens is 2. The lowest BCUT2D eigenvalue weighted by molar-refractivity contribution is 0.874. The molecule has 0 saturated heterocycles. The molecule has 0 atom stereocenters. The van der Waals surface area contributed by atoms with Crippen LogP contribution in [-0.4, -0.2) is 24.4 Å². The Hall–Kier alpha value is -1.06. The zero-order chi connectivity index (χ0) is 8.39. The van der Waals surface area contributed by atoms with E-state index in [1.807, 2.05) is 20.2 Å². The predicted molar refractivity (Wildman–Crippen MR) is 51.4 cm³/mol. The van der Waals surface area contributed by atoms with Crippen LogP contribution in [-0.2, 0) is 0 Å². The fourth-order valence-electron chi connectivity index (χ4n) is 1.04. The minimum absolute atomic E-state index is 0.757. The Morgan fingerprint density at radius 1 is 1.42 bits per heavy atom. The van der Waals surface area contributed by atoms with E-state index in [4.69, 9.17) is 0 Å². The van der Waals surface area contributed by atoms with E-state index in [0.717, 1.165) is 23.9 Å². The molecule has 1 aliphatic rings. The van der Waals surface area contributed by atoms with Gasteiger partial charge in [-0.3, -0.25) is 0 Å². The fraction of sp³-hybridized carbons (Fsp3) is 0.500. The molecule has 0 amide bonds. The molecule has 2 rings (SSSR count). The van der Waals surface area contributed by atoms with E-state index in [-0.39, 0.29) is 0 Å². The number of hydrogen-bond acceptors (Lipinski definition) is 3. The van der Waals surface area contributed by atoms with E-state index in [2.05, 4.69) is 15.3 Å². The van der Waals surface area contributed by atoms with Crippen LogP contribution < -0.4 is 10.8 Å². The summed E-state index contributed by atoms with van der Waals surface area (Å²) in [4.78, 5) is 8.31. The summed E-state index contributed by atoms with van der Waals surface area (Å²) in [6.07, 6.45) is 6.39. The minimum atomic E-state index is 0.757. The zero-order valence-electron chi connectivity index (χ0n) is 7.25. The molecule has 1 aromatic rings. The van der Waals surface area contributed by atoms with Crippen LogP contribution in [0.2, 0.25) is 0 Å². The standard InChI is InChI=1S/C8H12BN3/c9-7-4-11-8(12-5-7)10-3-6-1-2-6/h4-6H,1-3,9H2,(H,10,11,12). The summed E-state index contributed by atoms with van der Waals surface area (Å²) in [7, 11) is 1.99. The molecule has 0 aliphatic heterocycles. The van der Waals surface area contributed by atoms with Gasteiger partial charge in [0, 0.05) is 18.9 Å². The van der Waals surface area contributed by atoms with Gasteiger partial charge in [0.2, 0.25) is 5.95 Å². The molecule has 0 radical (unpaired) electrons. The highest BCUT2D eigenvalue weighted by molar-refractivity contribution is 6.31. The maximum atomic E-state index is 4.16. The molecule has 1 fully saturated rings. The van der Waals surface area contributed by atoms with Gasteiger partial charge in [0.1, 0.15) is 7.85 Å². The molecule has 0 bridgehead atoms. The fourth-order valence-corrected chi connectivity index (χ4v) is 1.04. The van der Waals surface area contributed by atoms with Gasteiger partial charge >= 0.3 is 0 Å². The predicted octanol–water partition coefficient (Wildman–Crippen LogP) is -0.443. The Kier molecular flexibility index (Phi) is 1.98. The van der Waals surface area contributed by atoms with E-state index in [1.54, 1.807) is 0 Å². The highest BCUT2D eigenvalue weighted by Gasteiger charge is 2.20. The van der Waals surface area contributed by atoms with Crippen molar-refractivity contribution in [3.63, 3.8) is 0 Å². The second kappa shape index (κ2) is 3.13. The quantitative estimate of drug-likeness (QED) is 0.610. The van der Waals surface area contributed by atoms with Gasteiger partial charge in [0.15, 0.2) is 0 Å². The summed E-state index contributed by atoms with van der Waals surface area (Å²) in [6, 6.07) is 0. The van der Waals surface area contributed by atoms with Crippen LogP contribution in [0.1, 0.15) is 12.8 Å². The van der Waals surface area contributed by atoms with Gasteiger partial charge in [-0.2, -0.15) is 0 Å². The van der Waals surface area contributed by atoms with Crippen molar-refractivity contribution in [2.45, 2.75) is 12.8 Å². The summed E-state index contributed by atoms with van der Waals surface area (Å²) < 4.78 is 0. The van der Waals surface area contributed by atoms with Crippen LogP contribution in [0, 0.1) is 5.92 Å². The van der Waals surface area contributed by atoms with Gasteiger partial charge in [-0.25, -0.2) is 9.97 Å². The van der Waals surface area contributed by atoms with Gasteiger partial charge in [-0.1, -0.05) is 5.46 Å². The number of anilines is 1. The first-order chi connectivity index (χ1) is 5.84. The van der Waals surface area contributed by atoms with E-state index in [1.165, 1.54) is 12.8 Å². The van der Waals surface area contributed by atoms with Crippen LogP contribution in [0.4, 0.5) is 5.95 Å². The van der Waals surface area contributed by atoms with E-state index in [0.29, 0.717) is 0 Å². The number of rotatable bonds is 3. The van der Waals surface area contributed by atoms with Crippen molar-refractivity contribution in [1.29, 1.82) is 0 Å². The van der Waals surface area contributed by atoms with Gasteiger partial charge in [-0.15, -0.1) is 0 Å². The molecule has 3 nitrogen and oxygen atoms in total. The first-order valence-corrected chi connectivity index (χ1v) is 4.37. The molecule has 0 unspecified atom stereocenters. The Bertz CT molecular complexity index is 256. The maximum Gasteiger partial charge on any atom is 0.222 e. The molecular formula is C8H12BN3. The maximum absolute atomic E-state index is 4.16. The van der Waals surface area contributed by atoms with Gasteiger partial charge in [-0.05, 0) is 18.8 Å². The lowest BCUT2D eigenvalue weighted by Gasteiger charge is -2.01. The van der Waals surface area contributed by atoms with E-state index >= 15 is 0 Å². The third-order valence-electron chi connectivity index (χ3n) is 2.03. The highest BCUT2D eigenvalue weighted by atomic mass is 15.1. The molecule has 1 aromatic heterocycles. The second-order valence-electron chi connectivity index (χ2n) is 3.41. The third kappa shape index (κ3) is 1.97. The summed E-state index contributed by atoms with van der Waals surface area (Å²) >= 11 is 0. The number of hydrogen-bond donors (Lipinski definition) is 1. The van der Waals surface area contributed by atoms with Crippen molar-refractivity contribution < 1.29 is 0 Å². The topological polar surface area (TPSA) is 37.8 Å². The lowest BCUT2D eigenvalue weighted by Crippen LogP contribution is -2.10. The van der Waals surface area contributed by atoms with Crippen LogP contribution in [0.5, 0.6) is 0 Å². The largest absolute Gasteiger partial charge is 0.354 e. The molecule has 1 saturated carbocycles. The van der Waals surface area contributed by atoms with Crippen molar-refractivity contribution in [3.8, 4) is 0 Å². The van der Waals surface area contributed by atoms with E-state index in [9.17, 15) is 0 Å². The second-order valence-corrected chi connectivity index (χ2v) is 3.41. The average molecular weight is 161 g/mol. The number of nitrogens with one attached hydrogen (secondary N) is 1. The van der Waals surface area contributed by atoms with Crippen molar-refractivity contribution >= 4 is 19.3 Å².